The van der Waals surface area contributed by atoms with E-state index < -0.39 is 0 Å². The standard InChI is InChI=1S/C13H19N3O/c1-10-13(17)15-7-9-16(10)8-6-11-4-2-3-5-12(11)14/h2-5,10H,6-9,14H2,1H3,(H,15,17). The molecule has 3 N–H and O–H groups in total. The van der Waals surface area contributed by atoms with Crippen molar-refractivity contribution >= 4 is 11.6 Å². The highest BCUT2D eigenvalue weighted by Gasteiger charge is 2.24. The molecular formula is C13H19N3O. The van der Waals surface area contributed by atoms with Gasteiger partial charge in [-0.3, -0.25) is 9.69 Å². The van der Waals surface area contributed by atoms with Crippen LogP contribution in [0.15, 0.2) is 24.3 Å². The van der Waals surface area contributed by atoms with Gasteiger partial charge in [-0.05, 0) is 25.0 Å². The van der Waals surface area contributed by atoms with Gasteiger partial charge in [0.15, 0.2) is 0 Å². The van der Waals surface area contributed by atoms with Gasteiger partial charge >= 0.3 is 0 Å². The fraction of sp³-hybridized carbons (Fsp3) is 0.462. The Morgan fingerprint density at radius 2 is 2.24 bits per heavy atom. The van der Waals surface area contributed by atoms with Gasteiger partial charge in [0.05, 0.1) is 6.04 Å². The lowest BCUT2D eigenvalue weighted by atomic mass is 10.1. The Morgan fingerprint density at radius 3 is 3.00 bits per heavy atom. The van der Waals surface area contributed by atoms with Gasteiger partial charge in [-0.25, -0.2) is 0 Å². The number of nitrogens with one attached hydrogen (secondary N) is 1. The predicted octanol–water partition coefficient (Wildman–Crippen LogP) is 0.632. The minimum Gasteiger partial charge on any atom is -0.399 e. The summed E-state index contributed by atoms with van der Waals surface area (Å²) in [4.78, 5) is 13.7. The first kappa shape index (κ1) is 11.9. The smallest absolute Gasteiger partial charge is 0.237 e. The molecule has 1 aliphatic rings. The Bertz CT molecular complexity index is 405. The molecular weight excluding hydrogens is 214 g/mol. The lowest BCUT2D eigenvalue weighted by Gasteiger charge is -2.32. The molecule has 1 unspecified atom stereocenters. The van der Waals surface area contributed by atoms with Crippen LogP contribution in [0.2, 0.25) is 0 Å². The molecule has 4 heteroatoms. The van der Waals surface area contributed by atoms with Crippen LogP contribution in [0.3, 0.4) is 0 Å². The molecule has 1 aromatic rings. The van der Waals surface area contributed by atoms with Gasteiger partial charge in [0.1, 0.15) is 0 Å². The molecule has 1 amide bonds. The van der Waals surface area contributed by atoms with E-state index >= 15 is 0 Å². The van der Waals surface area contributed by atoms with E-state index in [2.05, 4.69) is 10.2 Å². The van der Waals surface area contributed by atoms with Crippen LogP contribution in [0.4, 0.5) is 5.69 Å². The lowest BCUT2D eigenvalue weighted by Crippen LogP contribution is -2.54. The van der Waals surface area contributed by atoms with Gasteiger partial charge in [-0.1, -0.05) is 18.2 Å². The number of carbonyl (C=O) groups is 1. The number of hydrogen-bond acceptors (Lipinski definition) is 3. The maximum atomic E-state index is 11.5. The van der Waals surface area contributed by atoms with E-state index in [0.717, 1.165) is 37.3 Å². The molecule has 0 aliphatic carbocycles. The third kappa shape index (κ3) is 2.77. The maximum absolute atomic E-state index is 11.5. The van der Waals surface area contributed by atoms with Gasteiger partial charge in [-0.2, -0.15) is 0 Å². The van der Waals surface area contributed by atoms with Crippen LogP contribution in [0.25, 0.3) is 0 Å². The van der Waals surface area contributed by atoms with Crippen LogP contribution >= 0.6 is 0 Å². The second-order valence-electron chi connectivity index (χ2n) is 4.45. The summed E-state index contributed by atoms with van der Waals surface area (Å²) >= 11 is 0. The molecule has 0 aromatic heterocycles. The maximum Gasteiger partial charge on any atom is 0.237 e. The van der Waals surface area contributed by atoms with Crippen LogP contribution in [0, 0.1) is 0 Å². The third-order valence-electron chi connectivity index (χ3n) is 3.35. The number of piperazine rings is 1. The van der Waals surface area contributed by atoms with E-state index in [1.165, 1.54) is 0 Å². The predicted molar refractivity (Wildman–Crippen MR) is 68.6 cm³/mol. The van der Waals surface area contributed by atoms with Crippen molar-refractivity contribution in [3.05, 3.63) is 29.8 Å². The first-order valence-corrected chi connectivity index (χ1v) is 6.03. The van der Waals surface area contributed by atoms with E-state index in [4.69, 9.17) is 5.73 Å². The Hall–Kier alpha value is -1.55. The number of nitrogens with zero attached hydrogens (tertiary/aromatic N) is 1. The number of para-hydroxylation sites is 1. The summed E-state index contributed by atoms with van der Waals surface area (Å²) in [6.45, 7) is 4.48. The Balaban J connectivity index is 1.94. The Morgan fingerprint density at radius 1 is 1.47 bits per heavy atom. The van der Waals surface area contributed by atoms with Crippen LogP contribution in [-0.2, 0) is 11.2 Å². The molecule has 4 nitrogen and oxygen atoms in total. The fourth-order valence-electron chi connectivity index (χ4n) is 2.16. The highest BCUT2D eigenvalue weighted by molar-refractivity contribution is 5.81. The summed E-state index contributed by atoms with van der Waals surface area (Å²) in [7, 11) is 0. The Kier molecular flexibility index (Phi) is 3.64. The van der Waals surface area contributed by atoms with Gasteiger partial charge < -0.3 is 11.1 Å². The average Bonchev–Trinajstić information content (AvgIpc) is 2.33. The van der Waals surface area contributed by atoms with Gasteiger partial charge in [0.2, 0.25) is 5.91 Å². The molecule has 1 aromatic carbocycles. The van der Waals surface area contributed by atoms with Crippen molar-refractivity contribution in [2.45, 2.75) is 19.4 Å². The molecule has 1 heterocycles. The molecule has 0 radical (unpaired) electrons. The van der Waals surface area contributed by atoms with Crippen molar-refractivity contribution in [3.63, 3.8) is 0 Å². The van der Waals surface area contributed by atoms with Crippen LogP contribution < -0.4 is 11.1 Å². The average molecular weight is 233 g/mol. The molecule has 1 saturated heterocycles. The zero-order valence-electron chi connectivity index (χ0n) is 10.1. The summed E-state index contributed by atoms with van der Waals surface area (Å²) in [5, 5.41) is 2.87. The number of anilines is 1. The van der Waals surface area contributed by atoms with E-state index in [1.54, 1.807) is 0 Å². The third-order valence-corrected chi connectivity index (χ3v) is 3.35. The SMILES string of the molecule is CC1C(=O)NCCN1CCc1ccccc1N. The van der Waals surface area contributed by atoms with Crippen LogP contribution in [0.1, 0.15) is 12.5 Å². The van der Waals surface area contributed by atoms with E-state index in [9.17, 15) is 4.79 Å². The first-order valence-electron chi connectivity index (χ1n) is 6.03. The van der Waals surface area contributed by atoms with Crippen molar-refractivity contribution in [2.75, 3.05) is 25.4 Å². The van der Waals surface area contributed by atoms with Crippen LogP contribution in [0.5, 0.6) is 0 Å². The highest BCUT2D eigenvalue weighted by Crippen LogP contribution is 2.13. The summed E-state index contributed by atoms with van der Waals surface area (Å²) in [6, 6.07) is 7.87. The largest absolute Gasteiger partial charge is 0.399 e. The van der Waals surface area contributed by atoms with E-state index in [1.807, 2.05) is 31.2 Å². The number of rotatable bonds is 3. The van der Waals surface area contributed by atoms with Crippen molar-refractivity contribution in [2.24, 2.45) is 0 Å². The first-order chi connectivity index (χ1) is 8.18. The monoisotopic (exact) mass is 233 g/mol. The number of nitrogens with two attached hydrogens (primary N) is 1. The minimum atomic E-state index is -0.0336. The number of carbonyl (C=O) groups excluding carboxylic acids is 1. The van der Waals surface area contributed by atoms with Gasteiger partial charge in [0.25, 0.3) is 0 Å². The zero-order valence-corrected chi connectivity index (χ0v) is 10.1. The van der Waals surface area contributed by atoms with Gasteiger partial charge in [0, 0.05) is 25.3 Å². The molecule has 1 fully saturated rings. The van der Waals surface area contributed by atoms with E-state index in [-0.39, 0.29) is 11.9 Å². The molecule has 17 heavy (non-hydrogen) atoms. The second kappa shape index (κ2) is 5.19. The summed E-state index contributed by atoms with van der Waals surface area (Å²) in [5.74, 6) is 0.122. The lowest BCUT2D eigenvalue weighted by molar-refractivity contribution is -0.128. The minimum absolute atomic E-state index is 0.0336. The molecule has 1 aliphatic heterocycles. The second-order valence-corrected chi connectivity index (χ2v) is 4.45. The molecule has 2 rings (SSSR count). The topological polar surface area (TPSA) is 58.4 Å². The summed E-state index contributed by atoms with van der Waals surface area (Å²) in [6.07, 6.45) is 0.893. The number of hydrogen-bond donors (Lipinski definition) is 2. The summed E-state index contributed by atoms with van der Waals surface area (Å²) < 4.78 is 0. The number of nitrogen functional groups attached to an aromatic ring is 1. The highest BCUT2D eigenvalue weighted by atomic mass is 16.2. The van der Waals surface area contributed by atoms with Crippen molar-refractivity contribution in [1.82, 2.24) is 10.2 Å². The van der Waals surface area contributed by atoms with E-state index in [0.29, 0.717) is 0 Å². The summed E-state index contributed by atoms with van der Waals surface area (Å²) in [5.41, 5.74) is 7.89. The number of amides is 1. The molecule has 92 valence electrons. The molecule has 0 spiro atoms. The zero-order chi connectivity index (χ0) is 12.3. The molecule has 0 bridgehead atoms. The number of benzene rings is 1. The van der Waals surface area contributed by atoms with Crippen molar-refractivity contribution < 1.29 is 4.79 Å². The molecule has 1 atom stereocenters. The fourth-order valence-corrected chi connectivity index (χ4v) is 2.16. The van der Waals surface area contributed by atoms with Crippen LogP contribution in [-0.4, -0.2) is 36.5 Å². The van der Waals surface area contributed by atoms with Crippen molar-refractivity contribution in [1.29, 1.82) is 0 Å². The quantitative estimate of drug-likeness (QED) is 0.753. The normalized spacial score (nSPS) is 21.2. The Labute approximate surface area is 102 Å². The molecule has 0 saturated carbocycles. The van der Waals surface area contributed by atoms with Gasteiger partial charge in [-0.15, -0.1) is 0 Å². The van der Waals surface area contributed by atoms with Crippen molar-refractivity contribution in [3.8, 4) is 0 Å².